The van der Waals surface area contributed by atoms with Gasteiger partial charge in [0.2, 0.25) is 0 Å². The van der Waals surface area contributed by atoms with Crippen LogP contribution in [-0.4, -0.2) is 80.1 Å². The molecule has 10 heteroatoms. The maximum atomic E-state index is 13.2. The fraction of sp³-hybridized carbons (Fsp3) is 0.405. The molecule has 4 aliphatic heterocycles. The lowest BCUT2D eigenvalue weighted by atomic mass is 10.1. The van der Waals surface area contributed by atoms with E-state index < -0.39 is 0 Å². The number of H-pyrrole nitrogens is 2. The third-order valence-corrected chi connectivity index (χ3v) is 9.76. The van der Waals surface area contributed by atoms with E-state index in [9.17, 15) is 9.59 Å². The monoisotopic (exact) mass is 630 g/mol. The molecular formula is C37H38N6O4. The molecule has 4 atom stereocenters. The molecule has 2 N–H and O–H groups in total. The summed E-state index contributed by atoms with van der Waals surface area (Å²) in [4.78, 5) is 46.4. The minimum atomic E-state index is -0.364. The van der Waals surface area contributed by atoms with Crippen LogP contribution < -0.4 is 0 Å². The Morgan fingerprint density at radius 2 is 1.55 bits per heavy atom. The molecule has 4 aromatic rings. The van der Waals surface area contributed by atoms with Crippen molar-refractivity contribution in [3.63, 3.8) is 0 Å². The van der Waals surface area contributed by atoms with Crippen LogP contribution in [0.15, 0.2) is 60.8 Å². The van der Waals surface area contributed by atoms with Crippen LogP contribution >= 0.6 is 0 Å². The van der Waals surface area contributed by atoms with Crippen molar-refractivity contribution in [2.45, 2.75) is 69.2 Å². The molecule has 2 amide bonds. The molecule has 0 radical (unpaired) electrons. The van der Waals surface area contributed by atoms with Crippen molar-refractivity contribution in [3.05, 3.63) is 83.6 Å². The van der Waals surface area contributed by atoms with E-state index in [1.54, 1.807) is 0 Å². The van der Waals surface area contributed by atoms with Gasteiger partial charge in [-0.3, -0.25) is 9.59 Å². The van der Waals surface area contributed by atoms with Gasteiger partial charge in [-0.25, -0.2) is 9.97 Å². The van der Waals surface area contributed by atoms with Crippen molar-refractivity contribution < 1.29 is 19.1 Å². The first-order valence-corrected chi connectivity index (χ1v) is 16.7. The summed E-state index contributed by atoms with van der Waals surface area (Å²) in [5.74, 6) is 8.26. The Balaban J connectivity index is 0.948. The number of fused-ring (bicyclic) bond motifs is 1. The molecule has 4 saturated heterocycles. The van der Waals surface area contributed by atoms with Crippen molar-refractivity contribution in [1.29, 1.82) is 0 Å². The van der Waals surface area contributed by atoms with Gasteiger partial charge in [-0.15, -0.1) is 0 Å². The fourth-order valence-electron chi connectivity index (χ4n) is 7.30. The second-order valence-corrected chi connectivity index (χ2v) is 13.0. The highest BCUT2D eigenvalue weighted by Gasteiger charge is 2.39. The molecule has 6 heterocycles. The number of carbonyl (C=O) groups excluding carboxylic acids is 2. The van der Waals surface area contributed by atoms with Gasteiger partial charge in [-0.05, 0) is 80.8 Å². The predicted octanol–water partition coefficient (Wildman–Crippen LogP) is 5.20. The van der Waals surface area contributed by atoms with Crippen molar-refractivity contribution >= 4 is 22.8 Å². The van der Waals surface area contributed by atoms with E-state index in [-0.39, 0.29) is 36.1 Å². The Morgan fingerprint density at radius 1 is 0.830 bits per heavy atom. The van der Waals surface area contributed by atoms with E-state index in [1.807, 2.05) is 58.5 Å². The van der Waals surface area contributed by atoms with Crippen LogP contribution in [-0.2, 0) is 19.1 Å². The molecule has 10 nitrogen and oxygen atoms in total. The van der Waals surface area contributed by atoms with Crippen LogP contribution in [0.2, 0.25) is 0 Å². The molecule has 8 rings (SSSR count). The predicted molar refractivity (Wildman–Crippen MR) is 176 cm³/mol. The molecule has 2 aromatic heterocycles. The Bertz CT molecular complexity index is 1890. The maximum Gasteiger partial charge on any atom is 0.252 e. The van der Waals surface area contributed by atoms with Gasteiger partial charge in [0.05, 0.1) is 35.0 Å². The zero-order chi connectivity index (χ0) is 31.9. The van der Waals surface area contributed by atoms with Gasteiger partial charge in [0.25, 0.3) is 11.8 Å². The van der Waals surface area contributed by atoms with Gasteiger partial charge in [0.15, 0.2) is 0 Å². The van der Waals surface area contributed by atoms with E-state index in [4.69, 9.17) is 14.5 Å². The summed E-state index contributed by atoms with van der Waals surface area (Å²) in [6, 6.07) is 13.8. The molecule has 0 aliphatic carbocycles. The van der Waals surface area contributed by atoms with Crippen molar-refractivity contribution in [3.8, 4) is 23.1 Å². The normalized spacial score (nSPS) is 24.3. The van der Waals surface area contributed by atoms with E-state index in [1.165, 1.54) is 0 Å². The average molecular weight is 631 g/mol. The third-order valence-electron chi connectivity index (χ3n) is 9.76. The summed E-state index contributed by atoms with van der Waals surface area (Å²) in [5, 5.41) is 0. The van der Waals surface area contributed by atoms with Crippen LogP contribution in [0.4, 0.5) is 0 Å². The van der Waals surface area contributed by atoms with Gasteiger partial charge in [0, 0.05) is 37.4 Å². The van der Waals surface area contributed by atoms with Crippen molar-refractivity contribution in [2.75, 3.05) is 26.3 Å². The van der Waals surface area contributed by atoms with E-state index in [0.29, 0.717) is 26.2 Å². The summed E-state index contributed by atoms with van der Waals surface area (Å²) in [6.07, 6.45) is 7.15. The van der Waals surface area contributed by atoms with Crippen molar-refractivity contribution in [2.24, 2.45) is 0 Å². The summed E-state index contributed by atoms with van der Waals surface area (Å²) in [5.41, 5.74) is 6.45. The first-order valence-electron chi connectivity index (χ1n) is 16.7. The summed E-state index contributed by atoms with van der Waals surface area (Å²) < 4.78 is 11.3. The molecule has 4 aliphatic rings. The number of hydrogen-bond donors (Lipinski definition) is 2. The number of rotatable bonds is 5. The van der Waals surface area contributed by atoms with Crippen LogP contribution in [0.5, 0.6) is 0 Å². The quantitative estimate of drug-likeness (QED) is 0.231. The number of benzene rings is 2. The molecule has 2 aromatic carbocycles. The highest BCUT2D eigenvalue weighted by molar-refractivity contribution is 5.83. The molecule has 47 heavy (non-hydrogen) atoms. The smallest absolute Gasteiger partial charge is 0.252 e. The third kappa shape index (κ3) is 5.86. The number of carbonyl (C=O) groups is 2. The first kappa shape index (κ1) is 29.7. The number of likely N-dealkylation sites (tertiary alicyclic amines) is 2. The SMILES string of the molecule is C=C1C[C@@H](c2nc3ccc(C#Cc4ccc(-c5cnc([C@@H]6CCCN6C(=O)[C@@H]6CCCO6)[nH]5)cc4)cc3[nH]2)N(C(=O)[C@@H]2CCCO2)C1. The number of ether oxygens (including phenoxy) is 2. The van der Waals surface area contributed by atoms with E-state index >= 15 is 0 Å². The van der Waals surface area contributed by atoms with Gasteiger partial charge in [-0.2, -0.15) is 0 Å². The lowest BCUT2D eigenvalue weighted by molar-refractivity contribution is -0.142. The highest BCUT2D eigenvalue weighted by atomic mass is 16.5. The number of imidazole rings is 2. The van der Waals surface area contributed by atoms with E-state index in [2.05, 4.69) is 33.4 Å². The Morgan fingerprint density at radius 3 is 2.30 bits per heavy atom. The summed E-state index contributed by atoms with van der Waals surface area (Å²) >= 11 is 0. The molecule has 0 spiro atoms. The number of aromatic amines is 2. The summed E-state index contributed by atoms with van der Waals surface area (Å²) in [6.45, 7) is 6.74. The van der Waals surface area contributed by atoms with Gasteiger partial charge in [-0.1, -0.05) is 36.1 Å². The largest absolute Gasteiger partial charge is 0.368 e. The second kappa shape index (κ2) is 12.5. The lowest BCUT2D eigenvalue weighted by Crippen LogP contribution is -2.38. The van der Waals surface area contributed by atoms with Crippen LogP contribution in [0.1, 0.15) is 79.8 Å². The number of nitrogens with one attached hydrogen (secondary N) is 2. The van der Waals surface area contributed by atoms with Gasteiger partial charge >= 0.3 is 0 Å². The topological polar surface area (TPSA) is 116 Å². The van der Waals surface area contributed by atoms with Gasteiger partial charge < -0.3 is 29.2 Å². The number of nitrogens with zero attached hydrogens (tertiary/aromatic N) is 4. The second-order valence-electron chi connectivity index (χ2n) is 13.0. The van der Waals surface area contributed by atoms with Gasteiger partial charge in [0.1, 0.15) is 23.9 Å². The number of amides is 2. The fourth-order valence-corrected chi connectivity index (χ4v) is 7.30. The Hall–Kier alpha value is -4.72. The minimum Gasteiger partial charge on any atom is -0.368 e. The summed E-state index contributed by atoms with van der Waals surface area (Å²) in [7, 11) is 0. The van der Waals surface area contributed by atoms with Crippen LogP contribution in [0.25, 0.3) is 22.3 Å². The molecular weight excluding hydrogens is 592 g/mol. The molecule has 0 bridgehead atoms. The zero-order valence-corrected chi connectivity index (χ0v) is 26.3. The molecule has 240 valence electrons. The standard InChI is InChI=1S/C37H38N6O4/c1-23-19-31(43(22-23)37(45)33-7-4-18-47-33)35-39-27-15-12-25(20-28(27)40-35)9-8-24-10-13-26(14-11-24)29-21-38-34(41-29)30-5-2-16-42(30)36(44)32-6-3-17-46-32/h10-15,20-21,30-33H,1-7,16-19,22H2,(H,38,41)(H,39,40)/t30-,31-,32-,33-/m0/s1. The lowest BCUT2D eigenvalue weighted by Gasteiger charge is -2.25. The van der Waals surface area contributed by atoms with E-state index in [0.717, 1.165) is 95.7 Å². The highest BCUT2D eigenvalue weighted by Crippen LogP contribution is 2.36. The molecule has 4 fully saturated rings. The average Bonchev–Trinajstić information content (AvgIpc) is 3.94. The first-order chi connectivity index (χ1) is 23.0. The molecule has 0 saturated carbocycles. The Labute approximate surface area is 273 Å². The zero-order valence-electron chi connectivity index (χ0n) is 26.3. The maximum absolute atomic E-state index is 13.2. The van der Waals surface area contributed by atoms with Crippen molar-refractivity contribution in [1.82, 2.24) is 29.7 Å². The Kier molecular flexibility index (Phi) is 7.87. The minimum absolute atomic E-state index is 0.0270. The van der Waals surface area contributed by atoms with Crippen LogP contribution in [0.3, 0.4) is 0 Å². The molecule has 0 unspecified atom stereocenters. The van der Waals surface area contributed by atoms with Crippen LogP contribution in [0, 0.1) is 11.8 Å². The number of aromatic nitrogens is 4. The number of hydrogen-bond acceptors (Lipinski definition) is 6.